The number of nitro groups is 1. The highest BCUT2D eigenvalue weighted by Crippen LogP contribution is 2.38. The van der Waals surface area contributed by atoms with Gasteiger partial charge >= 0.3 is 0 Å². The number of hydrogen-bond donors (Lipinski definition) is 0. The Labute approximate surface area is 152 Å². The van der Waals surface area contributed by atoms with Gasteiger partial charge in [0.2, 0.25) is 0 Å². The summed E-state index contributed by atoms with van der Waals surface area (Å²) >= 11 is 2.95. The molecule has 0 bridgehead atoms. The van der Waals surface area contributed by atoms with Crippen LogP contribution in [0.3, 0.4) is 0 Å². The first-order chi connectivity index (χ1) is 12.1. The molecule has 2 aromatic heterocycles. The van der Waals surface area contributed by atoms with Crippen molar-refractivity contribution in [2.45, 2.75) is 54.6 Å². The lowest BCUT2D eigenvalue weighted by molar-refractivity contribution is -0.384. The molecule has 0 saturated heterocycles. The quantitative estimate of drug-likeness (QED) is 0.482. The maximum absolute atomic E-state index is 10.9. The summed E-state index contributed by atoms with van der Waals surface area (Å²) in [5.41, 5.74) is 0.868. The molecule has 0 spiro atoms. The molecule has 7 nitrogen and oxygen atoms in total. The van der Waals surface area contributed by atoms with E-state index >= 15 is 0 Å². The van der Waals surface area contributed by atoms with Gasteiger partial charge in [-0.1, -0.05) is 19.3 Å². The van der Waals surface area contributed by atoms with Crippen LogP contribution in [0.4, 0.5) is 5.69 Å². The number of hydrogen-bond acceptors (Lipinski definition) is 7. The summed E-state index contributed by atoms with van der Waals surface area (Å²) in [4.78, 5) is 15.1. The van der Waals surface area contributed by atoms with Gasteiger partial charge in [-0.2, -0.15) is 0 Å². The van der Waals surface area contributed by atoms with E-state index in [1.165, 1.54) is 61.3 Å². The molecule has 4 rings (SSSR count). The lowest BCUT2D eigenvalue weighted by Crippen LogP contribution is -2.15. The minimum absolute atomic E-state index is 0.0916. The van der Waals surface area contributed by atoms with Crippen molar-refractivity contribution in [3.63, 3.8) is 0 Å². The van der Waals surface area contributed by atoms with E-state index in [-0.39, 0.29) is 10.6 Å². The molecule has 2 heterocycles. The second-order valence-corrected chi connectivity index (χ2v) is 8.43. The van der Waals surface area contributed by atoms with Gasteiger partial charge < -0.3 is 4.57 Å². The Hall–Kier alpha value is -2.00. The average molecular weight is 375 g/mol. The number of non-ortho nitro benzene ring substituents is 1. The van der Waals surface area contributed by atoms with E-state index in [9.17, 15) is 10.1 Å². The standard InChI is InChI=1S/C16H17N5O2S2/c1-10-18-19-15(20(10)11-5-3-2-4-6-11)25-16-17-13-8-7-12(21(22)23)9-14(13)24-16/h7-9,11H,2-6H2,1H3. The van der Waals surface area contributed by atoms with E-state index in [1.54, 1.807) is 12.1 Å². The first kappa shape index (κ1) is 16.5. The molecule has 0 unspecified atom stereocenters. The number of aromatic nitrogens is 4. The highest BCUT2D eigenvalue weighted by molar-refractivity contribution is 8.01. The summed E-state index contributed by atoms with van der Waals surface area (Å²) in [6.07, 6.45) is 6.13. The summed E-state index contributed by atoms with van der Waals surface area (Å²) in [7, 11) is 0. The predicted molar refractivity (Wildman–Crippen MR) is 97.3 cm³/mol. The highest BCUT2D eigenvalue weighted by atomic mass is 32.2. The Kier molecular flexibility index (Phi) is 4.43. The van der Waals surface area contributed by atoms with Crippen LogP contribution in [-0.2, 0) is 0 Å². The van der Waals surface area contributed by atoms with E-state index < -0.39 is 0 Å². The van der Waals surface area contributed by atoms with Gasteiger partial charge in [0, 0.05) is 18.2 Å². The molecule has 0 atom stereocenters. The first-order valence-electron chi connectivity index (χ1n) is 8.26. The van der Waals surface area contributed by atoms with E-state index in [2.05, 4.69) is 19.7 Å². The van der Waals surface area contributed by atoms with E-state index in [0.717, 1.165) is 25.5 Å². The van der Waals surface area contributed by atoms with Crippen LogP contribution in [-0.4, -0.2) is 24.7 Å². The monoisotopic (exact) mass is 375 g/mol. The third-order valence-electron chi connectivity index (χ3n) is 4.52. The maximum Gasteiger partial charge on any atom is 0.270 e. The zero-order valence-corrected chi connectivity index (χ0v) is 15.3. The number of thiazole rings is 1. The van der Waals surface area contributed by atoms with Gasteiger partial charge in [-0.05, 0) is 37.6 Å². The molecule has 0 amide bonds. The molecule has 9 heteroatoms. The number of rotatable bonds is 4. The van der Waals surface area contributed by atoms with Crippen LogP contribution in [0.1, 0.15) is 44.0 Å². The SMILES string of the molecule is Cc1nnc(Sc2nc3ccc([N+](=O)[O-])cc3s2)n1C1CCCCC1. The zero-order chi connectivity index (χ0) is 17.4. The van der Waals surface area contributed by atoms with E-state index in [0.29, 0.717) is 6.04 Å². The Morgan fingerprint density at radius 3 is 2.84 bits per heavy atom. The van der Waals surface area contributed by atoms with Gasteiger partial charge in [-0.3, -0.25) is 10.1 Å². The second kappa shape index (κ2) is 6.72. The molecular formula is C16H17N5O2S2. The number of nitrogens with zero attached hydrogens (tertiary/aromatic N) is 5. The van der Waals surface area contributed by atoms with Gasteiger partial charge in [0.15, 0.2) is 9.50 Å². The van der Waals surface area contributed by atoms with E-state index in [1.807, 2.05) is 6.92 Å². The maximum atomic E-state index is 10.9. The van der Waals surface area contributed by atoms with E-state index in [4.69, 9.17) is 0 Å². The average Bonchev–Trinajstić information content (AvgIpc) is 3.18. The molecule has 0 radical (unpaired) electrons. The fraction of sp³-hybridized carbons (Fsp3) is 0.438. The lowest BCUT2D eigenvalue weighted by Gasteiger charge is -2.24. The highest BCUT2D eigenvalue weighted by Gasteiger charge is 2.22. The summed E-state index contributed by atoms with van der Waals surface area (Å²) in [6, 6.07) is 5.23. The minimum atomic E-state index is -0.380. The van der Waals surface area contributed by atoms with Crippen LogP contribution >= 0.6 is 23.1 Å². The second-order valence-electron chi connectivity index (χ2n) is 6.18. The molecule has 1 fully saturated rings. The van der Waals surface area contributed by atoms with Crippen LogP contribution in [0.15, 0.2) is 27.7 Å². The Morgan fingerprint density at radius 1 is 1.28 bits per heavy atom. The zero-order valence-electron chi connectivity index (χ0n) is 13.7. The number of fused-ring (bicyclic) bond motifs is 1. The smallest absolute Gasteiger partial charge is 0.270 e. The van der Waals surface area contributed by atoms with Crippen LogP contribution in [0.2, 0.25) is 0 Å². The Morgan fingerprint density at radius 2 is 2.08 bits per heavy atom. The van der Waals surface area contributed by atoms with Crippen molar-refractivity contribution in [1.82, 2.24) is 19.7 Å². The Balaban J connectivity index is 1.64. The molecule has 1 aliphatic carbocycles. The third kappa shape index (κ3) is 3.25. The largest absolute Gasteiger partial charge is 0.303 e. The fourth-order valence-corrected chi connectivity index (χ4v) is 5.46. The molecule has 1 aromatic carbocycles. The number of benzene rings is 1. The fourth-order valence-electron chi connectivity index (χ4n) is 3.31. The van der Waals surface area contributed by atoms with Gasteiger partial charge in [-0.15, -0.1) is 21.5 Å². The van der Waals surface area contributed by atoms with Crippen molar-refractivity contribution in [1.29, 1.82) is 0 Å². The lowest BCUT2D eigenvalue weighted by atomic mass is 9.95. The van der Waals surface area contributed by atoms with Crippen LogP contribution in [0.25, 0.3) is 10.2 Å². The van der Waals surface area contributed by atoms with Crippen molar-refractivity contribution in [2.75, 3.05) is 0 Å². The van der Waals surface area contributed by atoms with Gasteiger partial charge in [0.25, 0.3) is 5.69 Å². The molecule has 130 valence electrons. The summed E-state index contributed by atoms with van der Waals surface area (Å²) in [6.45, 7) is 1.99. The molecular weight excluding hydrogens is 358 g/mol. The summed E-state index contributed by atoms with van der Waals surface area (Å²) < 4.78 is 3.88. The number of nitro benzene ring substituents is 1. The van der Waals surface area contributed by atoms with Crippen molar-refractivity contribution >= 4 is 39.0 Å². The number of aryl methyl sites for hydroxylation is 1. The topological polar surface area (TPSA) is 86.7 Å². The molecule has 0 aliphatic heterocycles. The van der Waals surface area contributed by atoms with Gasteiger partial charge in [-0.25, -0.2) is 4.98 Å². The van der Waals surface area contributed by atoms with Crippen molar-refractivity contribution < 1.29 is 4.92 Å². The molecule has 1 aliphatic rings. The minimum Gasteiger partial charge on any atom is -0.303 e. The summed E-state index contributed by atoms with van der Waals surface area (Å²) in [5.74, 6) is 0.936. The van der Waals surface area contributed by atoms with Gasteiger partial charge in [0.05, 0.1) is 15.1 Å². The van der Waals surface area contributed by atoms with Crippen LogP contribution < -0.4 is 0 Å². The Bertz CT molecular complexity index is 930. The third-order valence-corrected chi connectivity index (χ3v) is 6.56. The molecule has 0 N–H and O–H groups in total. The normalized spacial score (nSPS) is 15.7. The van der Waals surface area contributed by atoms with Crippen LogP contribution in [0, 0.1) is 17.0 Å². The van der Waals surface area contributed by atoms with Crippen molar-refractivity contribution in [3.05, 3.63) is 34.1 Å². The molecule has 1 saturated carbocycles. The van der Waals surface area contributed by atoms with Crippen LogP contribution in [0.5, 0.6) is 0 Å². The molecule has 3 aromatic rings. The van der Waals surface area contributed by atoms with Crippen molar-refractivity contribution in [2.24, 2.45) is 0 Å². The predicted octanol–water partition coefficient (Wildman–Crippen LogP) is 4.76. The van der Waals surface area contributed by atoms with Crippen molar-refractivity contribution in [3.8, 4) is 0 Å². The first-order valence-corrected chi connectivity index (χ1v) is 9.89. The molecule has 25 heavy (non-hydrogen) atoms. The van der Waals surface area contributed by atoms with Gasteiger partial charge in [0.1, 0.15) is 5.82 Å². The summed E-state index contributed by atoms with van der Waals surface area (Å²) in [5, 5.41) is 20.4.